The van der Waals surface area contributed by atoms with Gasteiger partial charge in [0.1, 0.15) is 11.9 Å². The van der Waals surface area contributed by atoms with Gasteiger partial charge in [0, 0.05) is 6.54 Å². The molecule has 2 atom stereocenters. The standard InChI is InChI=1S/C14H21NO2/c1-4-7-15-9-10(2)17-14-6-5-12(11(3)16)8-13(14)15/h5-6,8,10-11,16H,4,7,9H2,1-3H3. The second kappa shape index (κ2) is 4.96. The predicted molar refractivity (Wildman–Crippen MR) is 69.7 cm³/mol. The van der Waals surface area contributed by atoms with Crippen LogP contribution in [-0.4, -0.2) is 24.3 Å². The number of hydrogen-bond acceptors (Lipinski definition) is 3. The zero-order valence-electron chi connectivity index (χ0n) is 10.8. The highest BCUT2D eigenvalue weighted by atomic mass is 16.5. The normalized spacial score (nSPS) is 20.7. The van der Waals surface area contributed by atoms with Gasteiger partial charge in [-0.25, -0.2) is 0 Å². The molecule has 1 heterocycles. The molecule has 2 rings (SSSR count). The van der Waals surface area contributed by atoms with E-state index in [4.69, 9.17) is 4.74 Å². The van der Waals surface area contributed by atoms with Crippen molar-refractivity contribution >= 4 is 5.69 Å². The Bertz CT molecular complexity index is 390. The van der Waals surface area contributed by atoms with Gasteiger partial charge >= 0.3 is 0 Å². The number of aliphatic hydroxyl groups is 1. The third kappa shape index (κ3) is 2.55. The molecule has 2 unspecified atom stereocenters. The van der Waals surface area contributed by atoms with Crippen LogP contribution < -0.4 is 9.64 Å². The zero-order valence-corrected chi connectivity index (χ0v) is 10.8. The lowest BCUT2D eigenvalue weighted by Crippen LogP contribution is -2.38. The van der Waals surface area contributed by atoms with Gasteiger partial charge < -0.3 is 14.7 Å². The first kappa shape index (κ1) is 12.2. The van der Waals surface area contributed by atoms with Crippen molar-refractivity contribution in [3.05, 3.63) is 23.8 Å². The number of nitrogens with zero attached hydrogens (tertiary/aromatic N) is 1. The number of rotatable bonds is 3. The number of anilines is 1. The minimum Gasteiger partial charge on any atom is -0.487 e. The average Bonchev–Trinajstić information content (AvgIpc) is 2.28. The van der Waals surface area contributed by atoms with Crippen molar-refractivity contribution in [1.29, 1.82) is 0 Å². The predicted octanol–water partition coefficient (Wildman–Crippen LogP) is 2.74. The second-order valence-corrected chi connectivity index (χ2v) is 4.78. The van der Waals surface area contributed by atoms with Crippen LogP contribution in [0.3, 0.4) is 0 Å². The monoisotopic (exact) mass is 235 g/mol. The van der Waals surface area contributed by atoms with Crippen molar-refractivity contribution in [3.63, 3.8) is 0 Å². The van der Waals surface area contributed by atoms with Gasteiger partial charge in [-0.05, 0) is 38.0 Å². The SMILES string of the molecule is CCCN1CC(C)Oc2ccc(C(C)O)cc21. The smallest absolute Gasteiger partial charge is 0.143 e. The lowest BCUT2D eigenvalue weighted by molar-refractivity contribution is 0.197. The van der Waals surface area contributed by atoms with Crippen LogP contribution in [0, 0.1) is 0 Å². The van der Waals surface area contributed by atoms with E-state index in [0.717, 1.165) is 36.5 Å². The van der Waals surface area contributed by atoms with Gasteiger partial charge in [-0.15, -0.1) is 0 Å². The molecule has 1 aromatic carbocycles. The molecule has 1 aromatic rings. The lowest BCUT2D eigenvalue weighted by Gasteiger charge is -2.35. The molecule has 0 saturated carbocycles. The van der Waals surface area contributed by atoms with E-state index in [0.29, 0.717) is 0 Å². The van der Waals surface area contributed by atoms with Crippen LogP contribution in [0.5, 0.6) is 5.75 Å². The molecule has 3 nitrogen and oxygen atoms in total. The summed E-state index contributed by atoms with van der Waals surface area (Å²) in [6, 6.07) is 5.95. The van der Waals surface area contributed by atoms with Crippen LogP contribution in [0.15, 0.2) is 18.2 Å². The number of aliphatic hydroxyl groups excluding tert-OH is 1. The fourth-order valence-corrected chi connectivity index (χ4v) is 2.29. The highest BCUT2D eigenvalue weighted by molar-refractivity contribution is 5.62. The lowest BCUT2D eigenvalue weighted by atomic mass is 10.1. The Balaban J connectivity index is 2.35. The van der Waals surface area contributed by atoms with Crippen molar-refractivity contribution in [1.82, 2.24) is 0 Å². The Morgan fingerprint density at radius 1 is 1.53 bits per heavy atom. The fraction of sp³-hybridized carbons (Fsp3) is 0.571. The molecule has 0 radical (unpaired) electrons. The zero-order chi connectivity index (χ0) is 12.4. The van der Waals surface area contributed by atoms with Crippen LogP contribution in [-0.2, 0) is 0 Å². The van der Waals surface area contributed by atoms with E-state index in [-0.39, 0.29) is 6.10 Å². The van der Waals surface area contributed by atoms with Crippen LogP contribution in [0.1, 0.15) is 38.9 Å². The van der Waals surface area contributed by atoms with E-state index in [9.17, 15) is 5.11 Å². The van der Waals surface area contributed by atoms with Crippen molar-refractivity contribution in [2.45, 2.75) is 39.4 Å². The Kier molecular flexibility index (Phi) is 3.57. The van der Waals surface area contributed by atoms with Crippen LogP contribution in [0.25, 0.3) is 0 Å². The Morgan fingerprint density at radius 3 is 2.94 bits per heavy atom. The summed E-state index contributed by atoms with van der Waals surface area (Å²) in [6.45, 7) is 8.01. The number of benzene rings is 1. The number of hydrogen-bond donors (Lipinski definition) is 1. The van der Waals surface area contributed by atoms with Gasteiger partial charge in [-0.3, -0.25) is 0 Å². The van der Waals surface area contributed by atoms with Gasteiger partial charge in [0.05, 0.1) is 18.3 Å². The Morgan fingerprint density at radius 2 is 2.29 bits per heavy atom. The summed E-state index contributed by atoms with van der Waals surface area (Å²) >= 11 is 0. The van der Waals surface area contributed by atoms with E-state index in [1.807, 2.05) is 18.2 Å². The second-order valence-electron chi connectivity index (χ2n) is 4.78. The third-order valence-electron chi connectivity index (χ3n) is 3.11. The first-order chi connectivity index (χ1) is 8.11. The maximum Gasteiger partial charge on any atom is 0.143 e. The van der Waals surface area contributed by atoms with Crippen molar-refractivity contribution in [3.8, 4) is 5.75 Å². The topological polar surface area (TPSA) is 32.7 Å². The van der Waals surface area contributed by atoms with E-state index in [1.165, 1.54) is 0 Å². The molecule has 0 aromatic heterocycles. The summed E-state index contributed by atoms with van der Waals surface area (Å²) in [4.78, 5) is 2.34. The minimum absolute atomic E-state index is 0.228. The minimum atomic E-state index is -0.428. The van der Waals surface area contributed by atoms with Crippen LogP contribution >= 0.6 is 0 Å². The van der Waals surface area contributed by atoms with Gasteiger partial charge in [-0.1, -0.05) is 13.0 Å². The molecule has 94 valence electrons. The molecule has 1 aliphatic heterocycles. The van der Waals surface area contributed by atoms with E-state index >= 15 is 0 Å². The van der Waals surface area contributed by atoms with Gasteiger partial charge in [0.25, 0.3) is 0 Å². The third-order valence-corrected chi connectivity index (χ3v) is 3.11. The molecular formula is C14H21NO2. The summed E-state index contributed by atoms with van der Waals surface area (Å²) in [5.41, 5.74) is 2.06. The maximum absolute atomic E-state index is 9.63. The Labute approximate surface area is 103 Å². The number of fused-ring (bicyclic) bond motifs is 1. The summed E-state index contributed by atoms with van der Waals surface area (Å²) in [7, 11) is 0. The molecule has 0 amide bonds. The van der Waals surface area contributed by atoms with E-state index < -0.39 is 6.10 Å². The molecule has 1 aliphatic rings. The van der Waals surface area contributed by atoms with Gasteiger partial charge in [0.2, 0.25) is 0 Å². The van der Waals surface area contributed by atoms with Crippen molar-refractivity contribution < 1.29 is 9.84 Å². The maximum atomic E-state index is 9.63. The quantitative estimate of drug-likeness (QED) is 0.874. The largest absolute Gasteiger partial charge is 0.487 e. The summed E-state index contributed by atoms with van der Waals surface area (Å²) in [5.74, 6) is 0.932. The van der Waals surface area contributed by atoms with Crippen molar-refractivity contribution in [2.24, 2.45) is 0 Å². The van der Waals surface area contributed by atoms with Gasteiger partial charge in [-0.2, -0.15) is 0 Å². The summed E-state index contributed by atoms with van der Waals surface area (Å²) < 4.78 is 5.82. The molecule has 1 N–H and O–H groups in total. The van der Waals surface area contributed by atoms with Gasteiger partial charge in [0.15, 0.2) is 0 Å². The highest BCUT2D eigenvalue weighted by Crippen LogP contribution is 2.35. The fourth-order valence-electron chi connectivity index (χ4n) is 2.29. The molecule has 3 heteroatoms. The molecule has 0 fully saturated rings. The summed E-state index contributed by atoms with van der Waals surface area (Å²) in [5, 5.41) is 9.63. The van der Waals surface area contributed by atoms with Crippen LogP contribution in [0.4, 0.5) is 5.69 Å². The number of ether oxygens (including phenoxy) is 1. The van der Waals surface area contributed by atoms with E-state index in [1.54, 1.807) is 6.92 Å². The van der Waals surface area contributed by atoms with Crippen molar-refractivity contribution in [2.75, 3.05) is 18.0 Å². The molecule has 17 heavy (non-hydrogen) atoms. The first-order valence-corrected chi connectivity index (χ1v) is 6.35. The average molecular weight is 235 g/mol. The molecule has 0 bridgehead atoms. The molecule has 0 saturated heterocycles. The Hall–Kier alpha value is -1.22. The first-order valence-electron chi connectivity index (χ1n) is 6.35. The van der Waals surface area contributed by atoms with E-state index in [2.05, 4.69) is 18.7 Å². The summed E-state index contributed by atoms with van der Waals surface area (Å²) in [6.07, 6.45) is 0.917. The van der Waals surface area contributed by atoms with Crippen LogP contribution in [0.2, 0.25) is 0 Å². The molecule has 0 aliphatic carbocycles. The molecular weight excluding hydrogens is 214 g/mol. The molecule has 0 spiro atoms. The highest BCUT2D eigenvalue weighted by Gasteiger charge is 2.22.